The fourth-order valence-electron chi connectivity index (χ4n) is 1.05. The molecule has 1 aliphatic heterocycles. The van der Waals surface area contributed by atoms with E-state index < -0.39 is 18.1 Å². The molecule has 1 fully saturated rings. The van der Waals surface area contributed by atoms with Crippen LogP contribution in [-0.4, -0.2) is 47.2 Å². The Morgan fingerprint density at radius 1 is 1.60 bits per heavy atom. The minimum absolute atomic E-state index is 0.275. The van der Waals surface area contributed by atoms with Crippen LogP contribution in [0.3, 0.4) is 0 Å². The van der Waals surface area contributed by atoms with E-state index in [4.69, 9.17) is 10.2 Å². The molecule has 0 spiro atoms. The van der Waals surface area contributed by atoms with Crippen LogP contribution < -0.4 is 0 Å². The largest absolute Gasteiger partial charge is 0.388 e. The summed E-state index contributed by atoms with van der Waals surface area (Å²) in [5.74, 6) is -0.403. The molecule has 10 heavy (non-hydrogen) atoms. The molecule has 2 N–H and O–H groups in total. The summed E-state index contributed by atoms with van der Waals surface area (Å²) in [5, 5.41) is 18.1. The van der Waals surface area contributed by atoms with E-state index in [0.29, 0.717) is 0 Å². The first kappa shape index (κ1) is 7.56. The second-order valence-corrected chi connectivity index (χ2v) is 2.63. The number of amides is 1. The van der Waals surface area contributed by atoms with E-state index in [1.807, 2.05) is 0 Å². The summed E-state index contributed by atoms with van der Waals surface area (Å²) in [6, 6.07) is -0.275. The molecule has 56 valence electrons. The first-order valence-corrected chi connectivity index (χ1v) is 3.18. The van der Waals surface area contributed by atoms with Gasteiger partial charge in [-0.05, 0) is 6.92 Å². The van der Waals surface area contributed by atoms with E-state index in [9.17, 15) is 4.79 Å². The lowest BCUT2D eigenvalue weighted by Crippen LogP contribution is -2.31. The van der Waals surface area contributed by atoms with Crippen molar-refractivity contribution in [1.29, 1.82) is 0 Å². The van der Waals surface area contributed by atoms with Gasteiger partial charge in [-0.2, -0.15) is 0 Å². The zero-order valence-corrected chi connectivity index (χ0v) is 5.98. The van der Waals surface area contributed by atoms with Crippen molar-refractivity contribution in [2.45, 2.75) is 25.2 Å². The van der Waals surface area contributed by atoms with Gasteiger partial charge in [-0.25, -0.2) is 0 Å². The summed E-state index contributed by atoms with van der Waals surface area (Å²) in [7, 11) is 1.56. The van der Waals surface area contributed by atoms with Crippen molar-refractivity contribution in [3.63, 3.8) is 0 Å². The van der Waals surface area contributed by atoms with E-state index in [0.717, 1.165) is 0 Å². The van der Waals surface area contributed by atoms with Gasteiger partial charge in [0.1, 0.15) is 6.10 Å². The van der Waals surface area contributed by atoms with Crippen molar-refractivity contribution in [2.75, 3.05) is 0 Å². The topological polar surface area (TPSA) is 60.8 Å². The van der Waals surface area contributed by atoms with Crippen LogP contribution >= 0.6 is 0 Å². The molecule has 1 amide bonds. The summed E-state index contributed by atoms with van der Waals surface area (Å²) in [5.41, 5.74) is 0. The van der Waals surface area contributed by atoms with E-state index in [2.05, 4.69) is 0 Å². The summed E-state index contributed by atoms with van der Waals surface area (Å²) in [6.07, 6.45) is -2.16. The molecule has 1 heterocycles. The number of hydrogen-bond acceptors (Lipinski definition) is 3. The van der Waals surface area contributed by atoms with Gasteiger partial charge in [0.15, 0.2) is 6.10 Å². The van der Waals surface area contributed by atoms with Gasteiger partial charge in [0.25, 0.3) is 0 Å². The highest BCUT2D eigenvalue weighted by Gasteiger charge is 2.41. The molecule has 3 unspecified atom stereocenters. The lowest BCUT2D eigenvalue weighted by atomic mass is 10.1. The maximum Gasteiger partial charge on any atom is 0.242 e. The molecule has 1 aliphatic rings. The first-order valence-electron chi connectivity index (χ1n) is 3.18. The Balaban J connectivity index is 2.78. The average Bonchev–Trinajstić information content (AvgIpc) is 2.07. The highest BCUT2D eigenvalue weighted by molar-refractivity contribution is 6.16. The molecule has 1 rings (SSSR count). The molecular formula is C5H10BNO3. The van der Waals surface area contributed by atoms with E-state index in [-0.39, 0.29) is 6.04 Å². The van der Waals surface area contributed by atoms with Crippen LogP contribution in [0, 0.1) is 0 Å². The molecule has 5 heteroatoms. The smallest absolute Gasteiger partial charge is 0.242 e. The Morgan fingerprint density at radius 2 is 2.10 bits per heavy atom. The normalized spacial score (nSPS) is 40.9. The predicted molar refractivity (Wildman–Crippen MR) is 36.9 cm³/mol. The van der Waals surface area contributed by atoms with Gasteiger partial charge in [-0.1, -0.05) is 0 Å². The van der Waals surface area contributed by atoms with Gasteiger partial charge >= 0.3 is 0 Å². The first-order chi connectivity index (χ1) is 4.55. The molecule has 4 nitrogen and oxygen atoms in total. The second-order valence-electron chi connectivity index (χ2n) is 2.63. The third-order valence-electron chi connectivity index (χ3n) is 2.03. The van der Waals surface area contributed by atoms with E-state index in [1.165, 1.54) is 4.81 Å². The molecule has 0 bridgehead atoms. The monoisotopic (exact) mass is 143 g/mol. The fourth-order valence-corrected chi connectivity index (χ4v) is 1.05. The molecule has 0 aliphatic carbocycles. The molecule has 0 aromatic heterocycles. The lowest BCUT2D eigenvalue weighted by molar-refractivity contribution is -0.132. The van der Waals surface area contributed by atoms with Crippen LogP contribution in [0.5, 0.6) is 0 Å². The number of aliphatic hydroxyl groups is 2. The average molecular weight is 143 g/mol. The molecule has 0 saturated carbocycles. The minimum atomic E-state index is -1.22. The third-order valence-corrected chi connectivity index (χ3v) is 2.03. The van der Waals surface area contributed by atoms with Gasteiger partial charge in [-0.3, -0.25) is 4.79 Å². The zero-order valence-electron chi connectivity index (χ0n) is 5.98. The van der Waals surface area contributed by atoms with E-state index >= 15 is 0 Å². The van der Waals surface area contributed by atoms with Crippen molar-refractivity contribution >= 4 is 13.9 Å². The maximum absolute atomic E-state index is 10.8. The number of rotatable bonds is 0. The van der Waals surface area contributed by atoms with Crippen LogP contribution in [0.25, 0.3) is 0 Å². The van der Waals surface area contributed by atoms with E-state index in [1.54, 1.807) is 14.9 Å². The van der Waals surface area contributed by atoms with Crippen molar-refractivity contribution in [3.05, 3.63) is 0 Å². The van der Waals surface area contributed by atoms with Gasteiger partial charge in [0.2, 0.25) is 13.9 Å². The number of aliphatic hydroxyl groups excluding tert-OH is 2. The Labute approximate surface area is 59.9 Å². The van der Waals surface area contributed by atoms with Crippen LogP contribution in [0.15, 0.2) is 0 Å². The minimum Gasteiger partial charge on any atom is -0.388 e. The highest BCUT2D eigenvalue weighted by atomic mass is 16.3. The van der Waals surface area contributed by atoms with Crippen molar-refractivity contribution in [2.24, 2.45) is 0 Å². The number of carbonyl (C=O) groups is 1. The summed E-state index contributed by atoms with van der Waals surface area (Å²) < 4.78 is 0. The Bertz CT molecular complexity index is 147. The zero-order chi connectivity index (χ0) is 7.89. The molecule has 0 aromatic carbocycles. The molecule has 0 aromatic rings. The summed E-state index contributed by atoms with van der Waals surface area (Å²) in [6.45, 7) is 1.69. The lowest BCUT2D eigenvalue weighted by Gasteiger charge is -2.16. The number of hydrogen-bond donors (Lipinski definition) is 2. The third kappa shape index (κ3) is 0.821. The predicted octanol–water partition coefficient (Wildman–Crippen LogP) is -2.51. The van der Waals surface area contributed by atoms with Crippen molar-refractivity contribution in [3.8, 4) is 0 Å². The summed E-state index contributed by atoms with van der Waals surface area (Å²) >= 11 is 0. The van der Waals surface area contributed by atoms with Gasteiger partial charge in [0.05, 0.1) is 0 Å². The molecular weight excluding hydrogens is 133 g/mol. The second kappa shape index (κ2) is 2.25. The molecule has 3 atom stereocenters. The highest BCUT2D eigenvalue weighted by Crippen LogP contribution is 2.16. The van der Waals surface area contributed by atoms with Gasteiger partial charge in [-0.15, -0.1) is 0 Å². The molecule has 1 saturated heterocycles. The van der Waals surface area contributed by atoms with Crippen LogP contribution in [0.2, 0.25) is 0 Å². The number of nitrogens with zero attached hydrogens (tertiary/aromatic N) is 1. The van der Waals surface area contributed by atoms with Crippen LogP contribution in [0.1, 0.15) is 6.92 Å². The van der Waals surface area contributed by atoms with Gasteiger partial charge in [0, 0.05) is 6.04 Å². The summed E-state index contributed by atoms with van der Waals surface area (Å²) in [4.78, 5) is 12.2. The molecule has 0 radical (unpaired) electrons. The van der Waals surface area contributed by atoms with Crippen LogP contribution in [0.4, 0.5) is 0 Å². The standard InChI is InChI=1S/C5H10BNO3/c1-2-3(8)4(9)5(10)7(2)6/h2-4,8-9H,6H2,1H3. The fraction of sp³-hybridized carbons (Fsp3) is 0.800. The van der Waals surface area contributed by atoms with Crippen LogP contribution in [-0.2, 0) is 4.79 Å². The Kier molecular flexibility index (Phi) is 1.70. The SMILES string of the molecule is BN1C(=O)C(O)C(O)C1C. The number of carbonyl (C=O) groups excluding carboxylic acids is 1. The quantitative estimate of drug-likeness (QED) is 0.368. The Hall–Kier alpha value is -0.545. The Morgan fingerprint density at radius 3 is 2.20 bits per heavy atom. The maximum atomic E-state index is 10.8. The van der Waals surface area contributed by atoms with Gasteiger partial charge < -0.3 is 15.0 Å². The van der Waals surface area contributed by atoms with Crippen molar-refractivity contribution < 1.29 is 15.0 Å². The van der Waals surface area contributed by atoms with Crippen molar-refractivity contribution in [1.82, 2.24) is 4.81 Å².